The van der Waals surface area contributed by atoms with E-state index >= 15 is 0 Å². The summed E-state index contributed by atoms with van der Waals surface area (Å²) in [6.45, 7) is 2.65. The van der Waals surface area contributed by atoms with Gasteiger partial charge in [0.2, 0.25) is 0 Å². The molecule has 0 saturated carbocycles. The molecule has 0 aliphatic carbocycles. The van der Waals surface area contributed by atoms with Crippen LogP contribution in [-0.2, 0) is 0 Å². The van der Waals surface area contributed by atoms with E-state index < -0.39 is 0 Å². The number of para-hydroxylation sites is 1. The third kappa shape index (κ3) is 2.10. The fourth-order valence-corrected chi connectivity index (χ4v) is 2.25. The molecule has 0 amide bonds. The smallest absolute Gasteiger partial charge is 0.127 e. The minimum absolute atomic E-state index is 0.670. The topological polar surface area (TPSA) is 9.23 Å². The van der Waals surface area contributed by atoms with Crippen molar-refractivity contribution in [2.24, 2.45) is 0 Å². The molecule has 16 heavy (non-hydrogen) atoms. The number of hydrogen-bond donors (Lipinski definition) is 0. The monoisotopic (exact) mass is 228 g/mol. The fourth-order valence-electron chi connectivity index (χ4n) is 1.54. The number of hydrogen-bond acceptors (Lipinski definition) is 2. The van der Waals surface area contributed by atoms with Crippen molar-refractivity contribution in [2.45, 2.75) is 6.92 Å². The summed E-state index contributed by atoms with van der Waals surface area (Å²) in [4.78, 5) is 0.946. The molecule has 2 aromatic rings. The van der Waals surface area contributed by atoms with E-state index in [2.05, 4.69) is 11.3 Å². The normalized spacial score (nSPS) is 9.75. The average molecular weight is 228 g/mol. The summed E-state index contributed by atoms with van der Waals surface area (Å²) in [7, 11) is 0. The Bertz CT molecular complexity index is 520. The first-order valence-corrected chi connectivity index (χ1v) is 6.00. The lowest BCUT2D eigenvalue weighted by molar-refractivity contribution is 0.341. The first-order chi connectivity index (χ1) is 7.85. The molecule has 0 bridgehead atoms. The van der Waals surface area contributed by atoms with Crippen LogP contribution >= 0.6 is 11.3 Å². The molecule has 1 nitrogen and oxygen atoms in total. The van der Waals surface area contributed by atoms with E-state index in [-0.39, 0.29) is 0 Å². The summed E-state index contributed by atoms with van der Waals surface area (Å²) in [5, 5.41) is 2.06. The van der Waals surface area contributed by atoms with Gasteiger partial charge in [0.15, 0.2) is 0 Å². The van der Waals surface area contributed by atoms with Gasteiger partial charge in [0.25, 0.3) is 0 Å². The van der Waals surface area contributed by atoms with Crippen molar-refractivity contribution < 1.29 is 4.74 Å². The predicted octanol–water partition coefficient (Wildman–Crippen LogP) is 3.80. The van der Waals surface area contributed by atoms with Gasteiger partial charge in [0, 0.05) is 10.9 Å². The van der Waals surface area contributed by atoms with Crippen LogP contribution < -0.4 is 4.74 Å². The quantitative estimate of drug-likeness (QED) is 0.726. The Balaban J connectivity index is 2.43. The molecule has 0 aliphatic heterocycles. The second kappa shape index (κ2) is 4.87. The highest BCUT2D eigenvalue weighted by Crippen LogP contribution is 2.32. The third-order valence-corrected chi connectivity index (χ3v) is 3.10. The van der Waals surface area contributed by atoms with Crippen LogP contribution in [0.5, 0.6) is 5.75 Å². The molecule has 80 valence electrons. The van der Waals surface area contributed by atoms with E-state index in [0.717, 1.165) is 21.8 Å². The lowest BCUT2D eigenvalue weighted by atomic mass is 10.1. The number of rotatable bonds is 3. The molecule has 0 atom stereocenters. The Labute approximate surface area is 99.7 Å². The number of thiophene rings is 1. The Morgan fingerprint density at radius 2 is 2.19 bits per heavy atom. The van der Waals surface area contributed by atoms with Crippen molar-refractivity contribution >= 4 is 11.3 Å². The SMILES string of the molecule is C#Cc1cc(-c2ccccc2OCC)cs1. The standard InChI is InChI=1S/C14H12OS/c1-3-12-9-11(10-16-12)13-7-5-6-8-14(13)15-4-2/h1,5-10H,4H2,2H3. The molecule has 1 heterocycles. The van der Waals surface area contributed by atoms with E-state index in [1.807, 2.05) is 37.3 Å². The van der Waals surface area contributed by atoms with Crippen LogP contribution in [0.15, 0.2) is 35.7 Å². The van der Waals surface area contributed by atoms with Crippen LogP contribution in [0.25, 0.3) is 11.1 Å². The van der Waals surface area contributed by atoms with Crippen molar-refractivity contribution in [1.82, 2.24) is 0 Å². The van der Waals surface area contributed by atoms with Crippen molar-refractivity contribution in [1.29, 1.82) is 0 Å². The molecule has 2 heteroatoms. The van der Waals surface area contributed by atoms with E-state index in [1.165, 1.54) is 0 Å². The van der Waals surface area contributed by atoms with Crippen LogP contribution in [0.1, 0.15) is 11.8 Å². The largest absolute Gasteiger partial charge is 0.493 e. The van der Waals surface area contributed by atoms with Gasteiger partial charge in [-0.25, -0.2) is 0 Å². The van der Waals surface area contributed by atoms with E-state index in [0.29, 0.717) is 6.61 Å². The highest BCUT2D eigenvalue weighted by Gasteiger charge is 2.06. The first-order valence-electron chi connectivity index (χ1n) is 5.12. The van der Waals surface area contributed by atoms with Gasteiger partial charge in [-0.15, -0.1) is 17.8 Å². The maximum absolute atomic E-state index is 5.59. The van der Waals surface area contributed by atoms with Gasteiger partial charge in [-0.05, 0) is 24.6 Å². The number of benzene rings is 1. The molecule has 2 rings (SSSR count). The van der Waals surface area contributed by atoms with Gasteiger partial charge in [-0.3, -0.25) is 0 Å². The molecular formula is C14H12OS. The van der Waals surface area contributed by atoms with E-state index in [4.69, 9.17) is 11.2 Å². The zero-order chi connectivity index (χ0) is 11.4. The van der Waals surface area contributed by atoms with Crippen molar-refractivity contribution in [3.05, 3.63) is 40.6 Å². The molecule has 1 aromatic heterocycles. The highest BCUT2D eigenvalue weighted by molar-refractivity contribution is 7.11. The molecule has 0 spiro atoms. The Kier molecular flexibility index (Phi) is 3.28. The molecular weight excluding hydrogens is 216 g/mol. The van der Waals surface area contributed by atoms with Gasteiger partial charge in [-0.2, -0.15) is 0 Å². The summed E-state index contributed by atoms with van der Waals surface area (Å²) in [5.41, 5.74) is 2.23. The zero-order valence-electron chi connectivity index (χ0n) is 9.07. The summed E-state index contributed by atoms with van der Waals surface area (Å²) in [6.07, 6.45) is 5.37. The van der Waals surface area contributed by atoms with E-state index in [1.54, 1.807) is 11.3 Å². The minimum Gasteiger partial charge on any atom is -0.493 e. The maximum Gasteiger partial charge on any atom is 0.127 e. The molecule has 1 aromatic carbocycles. The Hall–Kier alpha value is -1.72. The summed E-state index contributed by atoms with van der Waals surface area (Å²) >= 11 is 1.58. The zero-order valence-corrected chi connectivity index (χ0v) is 9.88. The second-order valence-electron chi connectivity index (χ2n) is 3.27. The number of ether oxygens (including phenoxy) is 1. The maximum atomic E-state index is 5.59. The summed E-state index contributed by atoms with van der Waals surface area (Å²) in [6, 6.07) is 10.0. The molecule has 0 fully saturated rings. The number of terminal acetylenes is 1. The van der Waals surface area contributed by atoms with Crippen molar-refractivity contribution in [2.75, 3.05) is 6.61 Å². The van der Waals surface area contributed by atoms with Crippen LogP contribution in [0.4, 0.5) is 0 Å². The van der Waals surface area contributed by atoms with Gasteiger partial charge in [0.05, 0.1) is 11.5 Å². The highest BCUT2D eigenvalue weighted by atomic mass is 32.1. The van der Waals surface area contributed by atoms with Crippen LogP contribution in [-0.4, -0.2) is 6.61 Å². The lowest BCUT2D eigenvalue weighted by Crippen LogP contribution is -1.92. The van der Waals surface area contributed by atoms with Gasteiger partial charge < -0.3 is 4.74 Å². The Morgan fingerprint density at radius 1 is 1.38 bits per heavy atom. The van der Waals surface area contributed by atoms with Gasteiger partial charge in [-0.1, -0.05) is 24.1 Å². The van der Waals surface area contributed by atoms with Gasteiger partial charge in [0.1, 0.15) is 5.75 Å². The van der Waals surface area contributed by atoms with Gasteiger partial charge >= 0.3 is 0 Å². The average Bonchev–Trinajstić information content (AvgIpc) is 2.79. The fraction of sp³-hybridized carbons (Fsp3) is 0.143. The van der Waals surface area contributed by atoms with Crippen molar-refractivity contribution in [3.63, 3.8) is 0 Å². The molecule has 0 unspecified atom stereocenters. The minimum atomic E-state index is 0.670. The van der Waals surface area contributed by atoms with Crippen LogP contribution in [0, 0.1) is 12.3 Å². The third-order valence-electron chi connectivity index (χ3n) is 2.24. The van der Waals surface area contributed by atoms with E-state index in [9.17, 15) is 0 Å². The lowest BCUT2D eigenvalue weighted by Gasteiger charge is -2.07. The predicted molar refractivity (Wildman–Crippen MR) is 68.9 cm³/mol. The molecule has 0 saturated heterocycles. The molecule has 0 aliphatic rings. The summed E-state index contributed by atoms with van der Waals surface area (Å²) in [5.74, 6) is 3.55. The molecule has 0 N–H and O–H groups in total. The summed E-state index contributed by atoms with van der Waals surface area (Å²) < 4.78 is 5.59. The van der Waals surface area contributed by atoms with Crippen LogP contribution in [0.3, 0.4) is 0 Å². The molecule has 0 radical (unpaired) electrons. The first kappa shape index (κ1) is 10.8. The van der Waals surface area contributed by atoms with Crippen molar-refractivity contribution in [3.8, 4) is 29.2 Å². The Morgan fingerprint density at radius 3 is 2.88 bits per heavy atom. The second-order valence-corrected chi connectivity index (χ2v) is 4.18. The van der Waals surface area contributed by atoms with Crippen LogP contribution in [0.2, 0.25) is 0 Å².